The smallest absolute Gasteiger partial charge is 0.0576 e. The lowest BCUT2D eigenvalue weighted by molar-refractivity contribution is 0.101. The van der Waals surface area contributed by atoms with Crippen LogP contribution in [0, 0.1) is 0 Å². The first-order chi connectivity index (χ1) is 8.31. The molecule has 2 N–H and O–H groups in total. The van der Waals surface area contributed by atoms with Gasteiger partial charge in [-0.2, -0.15) is 0 Å². The molecule has 1 aromatic rings. The zero-order valence-electron chi connectivity index (χ0n) is 10.4. The highest BCUT2D eigenvalue weighted by Gasteiger charge is 2.18. The third kappa shape index (κ3) is 3.47. The van der Waals surface area contributed by atoms with Gasteiger partial charge in [-0.3, -0.25) is 0 Å². The van der Waals surface area contributed by atoms with E-state index in [4.69, 9.17) is 10.5 Å². The normalized spacial score (nSPS) is 21.6. The number of nitrogens with two attached hydrogens (primary N) is 1. The predicted molar refractivity (Wildman–Crippen MR) is 73.4 cm³/mol. The topological polar surface area (TPSA) is 35.2 Å². The van der Waals surface area contributed by atoms with Crippen molar-refractivity contribution >= 4 is 11.8 Å². The van der Waals surface area contributed by atoms with Crippen LogP contribution in [-0.4, -0.2) is 19.0 Å². The summed E-state index contributed by atoms with van der Waals surface area (Å²) in [5.41, 5.74) is 7.56. The average molecular weight is 251 g/mol. The molecule has 1 aliphatic rings. The lowest BCUT2D eigenvalue weighted by Crippen LogP contribution is -2.15. The molecule has 1 fully saturated rings. The van der Waals surface area contributed by atoms with E-state index in [0.29, 0.717) is 6.10 Å². The zero-order chi connectivity index (χ0) is 12.1. The fourth-order valence-corrected chi connectivity index (χ4v) is 3.04. The number of benzene rings is 1. The van der Waals surface area contributed by atoms with E-state index in [1.54, 1.807) is 11.8 Å². The van der Waals surface area contributed by atoms with Crippen LogP contribution in [0.5, 0.6) is 0 Å². The summed E-state index contributed by atoms with van der Waals surface area (Å²) in [4.78, 5) is 1.30. The van der Waals surface area contributed by atoms with Crippen molar-refractivity contribution in [2.24, 2.45) is 5.73 Å². The Morgan fingerprint density at radius 2 is 2.29 bits per heavy atom. The quantitative estimate of drug-likeness (QED) is 0.815. The van der Waals surface area contributed by atoms with Crippen LogP contribution in [-0.2, 0) is 4.74 Å². The van der Waals surface area contributed by atoms with Gasteiger partial charge in [0, 0.05) is 17.5 Å². The highest BCUT2D eigenvalue weighted by molar-refractivity contribution is 7.98. The molecule has 1 aromatic carbocycles. The van der Waals surface area contributed by atoms with Gasteiger partial charge >= 0.3 is 0 Å². The highest BCUT2D eigenvalue weighted by atomic mass is 32.2. The van der Waals surface area contributed by atoms with E-state index in [-0.39, 0.29) is 6.04 Å². The van der Waals surface area contributed by atoms with Gasteiger partial charge in [0.2, 0.25) is 0 Å². The van der Waals surface area contributed by atoms with Crippen LogP contribution in [0.4, 0.5) is 0 Å². The van der Waals surface area contributed by atoms with Gasteiger partial charge in [0.25, 0.3) is 0 Å². The summed E-state index contributed by atoms with van der Waals surface area (Å²) in [6, 6.07) is 8.57. The molecule has 0 amide bonds. The standard InChI is InChI=1S/C14H21NOS/c1-17-14-7-3-2-6-12(14)13(15)9-8-11-5-4-10-16-11/h2-3,6-7,11,13H,4-5,8-10,15H2,1H3. The van der Waals surface area contributed by atoms with E-state index in [0.717, 1.165) is 19.4 Å². The summed E-state index contributed by atoms with van der Waals surface area (Å²) in [6.07, 6.45) is 7.07. The summed E-state index contributed by atoms with van der Waals surface area (Å²) in [7, 11) is 0. The van der Waals surface area contributed by atoms with Gasteiger partial charge in [0.05, 0.1) is 6.10 Å². The van der Waals surface area contributed by atoms with Crippen LogP contribution in [0.3, 0.4) is 0 Å². The second-order valence-electron chi connectivity index (χ2n) is 4.56. The first kappa shape index (κ1) is 12.9. The Bertz CT molecular complexity index is 350. The third-order valence-corrected chi connectivity index (χ3v) is 4.17. The Balaban J connectivity index is 1.91. The molecule has 0 spiro atoms. The van der Waals surface area contributed by atoms with Crippen molar-refractivity contribution in [3.63, 3.8) is 0 Å². The van der Waals surface area contributed by atoms with E-state index in [1.165, 1.54) is 23.3 Å². The van der Waals surface area contributed by atoms with Gasteiger partial charge in [0.1, 0.15) is 0 Å². The summed E-state index contributed by atoms with van der Waals surface area (Å²) < 4.78 is 5.64. The van der Waals surface area contributed by atoms with Gasteiger partial charge in [0.15, 0.2) is 0 Å². The maximum Gasteiger partial charge on any atom is 0.0576 e. The second kappa shape index (κ2) is 6.43. The molecule has 0 aliphatic carbocycles. The van der Waals surface area contributed by atoms with Crippen molar-refractivity contribution in [1.82, 2.24) is 0 Å². The number of rotatable bonds is 5. The minimum Gasteiger partial charge on any atom is -0.378 e. The summed E-state index contributed by atoms with van der Waals surface area (Å²) in [6.45, 7) is 0.932. The van der Waals surface area contributed by atoms with Crippen molar-refractivity contribution in [3.05, 3.63) is 29.8 Å². The number of thioether (sulfide) groups is 1. The van der Waals surface area contributed by atoms with Crippen LogP contribution in [0.1, 0.15) is 37.3 Å². The highest BCUT2D eigenvalue weighted by Crippen LogP contribution is 2.28. The molecule has 0 radical (unpaired) electrons. The molecular weight excluding hydrogens is 230 g/mol. The van der Waals surface area contributed by atoms with Crippen molar-refractivity contribution in [1.29, 1.82) is 0 Å². The molecule has 2 atom stereocenters. The maximum atomic E-state index is 6.28. The van der Waals surface area contributed by atoms with E-state index in [1.807, 2.05) is 0 Å². The third-order valence-electron chi connectivity index (χ3n) is 3.36. The van der Waals surface area contributed by atoms with Crippen LogP contribution in [0.2, 0.25) is 0 Å². The molecule has 0 bridgehead atoms. The van der Waals surface area contributed by atoms with Crippen molar-refractivity contribution in [3.8, 4) is 0 Å². The van der Waals surface area contributed by atoms with Gasteiger partial charge in [-0.1, -0.05) is 18.2 Å². The SMILES string of the molecule is CSc1ccccc1C(N)CCC1CCCO1. The summed E-state index contributed by atoms with van der Waals surface area (Å²) in [5, 5.41) is 0. The Morgan fingerprint density at radius 1 is 1.47 bits per heavy atom. The van der Waals surface area contributed by atoms with Crippen LogP contribution in [0.15, 0.2) is 29.2 Å². The molecular formula is C14H21NOS. The van der Waals surface area contributed by atoms with Crippen LogP contribution >= 0.6 is 11.8 Å². The Hall–Kier alpha value is -0.510. The fraction of sp³-hybridized carbons (Fsp3) is 0.571. The lowest BCUT2D eigenvalue weighted by Gasteiger charge is -2.17. The second-order valence-corrected chi connectivity index (χ2v) is 5.41. The molecule has 2 nitrogen and oxygen atoms in total. The monoisotopic (exact) mass is 251 g/mol. The molecule has 2 unspecified atom stereocenters. The van der Waals surface area contributed by atoms with E-state index < -0.39 is 0 Å². The van der Waals surface area contributed by atoms with Gasteiger partial charge in [-0.15, -0.1) is 11.8 Å². The summed E-state index contributed by atoms with van der Waals surface area (Å²) in [5.74, 6) is 0. The minimum atomic E-state index is 0.142. The molecule has 1 saturated heterocycles. The van der Waals surface area contributed by atoms with Crippen molar-refractivity contribution < 1.29 is 4.74 Å². The average Bonchev–Trinajstić information content (AvgIpc) is 2.89. The molecule has 94 valence electrons. The zero-order valence-corrected chi connectivity index (χ0v) is 11.2. The maximum absolute atomic E-state index is 6.28. The Kier molecular flexibility index (Phi) is 4.89. The van der Waals surface area contributed by atoms with Crippen molar-refractivity contribution in [2.45, 2.75) is 42.7 Å². The number of ether oxygens (including phenoxy) is 1. The molecule has 0 aromatic heterocycles. The summed E-state index contributed by atoms with van der Waals surface area (Å²) >= 11 is 1.77. The largest absolute Gasteiger partial charge is 0.378 e. The minimum absolute atomic E-state index is 0.142. The van der Waals surface area contributed by atoms with Gasteiger partial charge < -0.3 is 10.5 Å². The molecule has 2 rings (SSSR count). The molecule has 0 saturated carbocycles. The van der Waals surface area contributed by atoms with Crippen molar-refractivity contribution in [2.75, 3.05) is 12.9 Å². The number of hydrogen-bond acceptors (Lipinski definition) is 3. The van der Waals surface area contributed by atoms with Gasteiger partial charge in [-0.25, -0.2) is 0 Å². The van der Waals surface area contributed by atoms with E-state index in [9.17, 15) is 0 Å². The predicted octanol–water partition coefficient (Wildman–Crippen LogP) is 3.37. The van der Waals surface area contributed by atoms with E-state index in [2.05, 4.69) is 30.5 Å². The fourth-order valence-electron chi connectivity index (χ4n) is 2.37. The van der Waals surface area contributed by atoms with Crippen LogP contribution < -0.4 is 5.73 Å². The van der Waals surface area contributed by atoms with Gasteiger partial charge in [-0.05, 0) is 43.6 Å². The first-order valence-corrected chi connectivity index (χ1v) is 7.54. The number of hydrogen-bond donors (Lipinski definition) is 1. The Morgan fingerprint density at radius 3 is 3.00 bits per heavy atom. The molecule has 17 heavy (non-hydrogen) atoms. The van der Waals surface area contributed by atoms with E-state index >= 15 is 0 Å². The first-order valence-electron chi connectivity index (χ1n) is 6.31. The van der Waals surface area contributed by atoms with Crippen LogP contribution in [0.25, 0.3) is 0 Å². The molecule has 1 heterocycles. The lowest BCUT2D eigenvalue weighted by atomic mass is 10.00. The Labute approximate surface area is 108 Å². The molecule has 1 aliphatic heterocycles. The molecule has 3 heteroatoms.